The van der Waals surface area contributed by atoms with E-state index in [-0.39, 0.29) is 44.6 Å². The van der Waals surface area contributed by atoms with Crippen molar-refractivity contribution in [1.82, 2.24) is 5.32 Å². The van der Waals surface area contributed by atoms with Crippen LogP contribution in [0.4, 0.5) is 0 Å². The van der Waals surface area contributed by atoms with E-state index in [9.17, 15) is 19.8 Å². The van der Waals surface area contributed by atoms with E-state index in [0.717, 1.165) is 44.1 Å². The van der Waals surface area contributed by atoms with Gasteiger partial charge in [-0.2, -0.15) is 0 Å². The van der Waals surface area contributed by atoms with E-state index in [4.69, 9.17) is 0 Å². The summed E-state index contributed by atoms with van der Waals surface area (Å²) in [6, 6.07) is 6.93. The normalized spacial score (nSPS) is 44.7. The third kappa shape index (κ3) is 4.26. The Morgan fingerprint density at radius 2 is 1.65 bits per heavy atom. The monoisotopic (exact) mass is 589 g/mol. The van der Waals surface area contributed by atoms with Crippen molar-refractivity contribution < 1.29 is 19.8 Å². The average Bonchev–Trinajstić information content (AvgIpc) is 3.36. The molecule has 0 saturated heterocycles. The van der Waals surface area contributed by atoms with Crippen LogP contribution in [0, 0.1) is 56.7 Å². The lowest BCUT2D eigenvalue weighted by Gasteiger charge is -2.72. The molecule has 5 nitrogen and oxygen atoms in total. The number of aliphatic hydroxyl groups excluding tert-OH is 1. The summed E-state index contributed by atoms with van der Waals surface area (Å²) in [5, 5.41) is 23.8. The summed E-state index contributed by atoms with van der Waals surface area (Å²) in [6.45, 7) is 19.4. The van der Waals surface area contributed by atoms with Gasteiger partial charge in [-0.1, -0.05) is 58.9 Å². The second kappa shape index (κ2) is 10.2. The van der Waals surface area contributed by atoms with Crippen LogP contribution in [0.3, 0.4) is 0 Å². The zero-order valence-corrected chi connectivity index (χ0v) is 27.5. The lowest BCUT2D eigenvalue weighted by atomic mass is 9.32. The van der Waals surface area contributed by atoms with Crippen molar-refractivity contribution >= 4 is 11.9 Å². The minimum absolute atomic E-state index is 0.0492. The third-order valence-corrected chi connectivity index (χ3v) is 15.1. The van der Waals surface area contributed by atoms with Gasteiger partial charge in [-0.25, -0.2) is 4.79 Å². The molecule has 0 aliphatic heterocycles. The number of hydrogen-bond donors (Lipinski definition) is 3. The average molecular weight is 590 g/mol. The third-order valence-electron chi connectivity index (χ3n) is 15.1. The molecule has 0 bridgehead atoms. The second-order valence-corrected chi connectivity index (χ2v) is 16.9. The molecule has 1 amide bonds. The Morgan fingerprint density at radius 3 is 2.35 bits per heavy atom. The van der Waals surface area contributed by atoms with Crippen LogP contribution in [-0.4, -0.2) is 28.2 Å². The first-order valence-electron chi connectivity index (χ1n) is 17.1. The molecule has 5 heteroatoms. The smallest absolute Gasteiger partial charge is 0.335 e. The molecule has 0 radical (unpaired) electrons. The predicted octanol–water partition coefficient (Wildman–Crippen LogP) is 8.02. The lowest BCUT2D eigenvalue weighted by molar-refractivity contribution is -0.246. The molecule has 5 fully saturated rings. The van der Waals surface area contributed by atoms with Gasteiger partial charge in [-0.3, -0.25) is 4.79 Å². The van der Waals surface area contributed by atoms with Crippen LogP contribution < -0.4 is 5.32 Å². The van der Waals surface area contributed by atoms with E-state index in [2.05, 4.69) is 53.4 Å². The Bertz CT molecular complexity index is 1320. The highest BCUT2D eigenvalue weighted by atomic mass is 16.4. The standard InChI is InChI=1S/C38H55NO4/c1-23(2)26-13-18-38(33(43)39-22-24-9-8-10-25(21-24)32(41)42)20-19-36(6)27(31(26)38)11-12-29-35(5)16-15-30(40)34(3,4)28(35)14-17-37(29,36)7/h8-10,21,26-31,40H,1,11-20,22H2,2-7H3,(H,39,43)(H,41,42)/t26-,27?,28?,29?,30-,31?,35-,36+,37+,38-/m0/s1. The maximum Gasteiger partial charge on any atom is 0.335 e. The topological polar surface area (TPSA) is 86.6 Å². The van der Waals surface area contributed by atoms with E-state index in [1.54, 1.807) is 18.2 Å². The molecule has 4 unspecified atom stereocenters. The summed E-state index contributed by atoms with van der Waals surface area (Å²) in [5.41, 5.74) is 2.48. The quantitative estimate of drug-likeness (QED) is 0.304. The summed E-state index contributed by atoms with van der Waals surface area (Å²) in [5.74, 6) is 1.54. The van der Waals surface area contributed by atoms with Gasteiger partial charge >= 0.3 is 5.97 Å². The molecule has 43 heavy (non-hydrogen) atoms. The minimum atomic E-state index is -0.946. The molecular formula is C38H55NO4. The fourth-order valence-electron chi connectivity index (χ4n) is 12.7. The lowest BCUT2D eigenvalue weighted by Crippen LogP contribution is -2.67. The number of carbonyl (C=O) groups is 2. The van der Waals surface area contributed by atoms with Crippen molar-refractivity contribution in [3.05, 3.63) is 47.5 Å². The molecule has 5 saturated carbocycles. The molecule has 0 spiro atoms. The van der Waals surface area contributed by atoms with Crippen LogP contribution >= 0.6 is 0 Å². The molecule has 0 heterocycles. The number of amides is 1. The zero-order chi connectivity index (χ0) is 31.2. The van der Waals surface area contributed by atoms with E-state index in [1.165, 1.54) is 31.3 Å². The highest BCUT2D eigenvalue weighted by Crippen LogP contribution is 2.77. The molecule has 5 aliphatic carbocycles. The molecule has 10 atom stereocenters. The van der Waals surface area contributed by atoms with Crippen molar-refractivity contribution in [3.8, 4) is 0 Å². The minimum Gasteiger partial charge on any atom is -0.478 e. The van der Waals surface area contributed by atoms with Gasteiger partial charge in [0.05, 0.1) is 17.1 Å². The van der Waals surface area contributed by atoms with Crippen molar-refractivity contribution in [2.24, 2.45) is 56.7 Å². The molecule has 3 N–H and O–H groups in total. The van der Waals surface area contributed by atoms with Gasteiger partial charge in [-0.15, -0.1) is 0 Å². The number of allylic oxidation sites excluding steroid dienone is 1. The number of carbonyl (C=O) groups excluding carboxylic acids is 1. The van der Waals surface area contributed by atoms with Gasteiger partial charge in [0, 0.05) is 6.54 Å². The van der Waals surface area contributed by atoms with Crippen LogP contribution in [0.1, 0.15) is 122 Å². The van der Waals surface area contributed by atoms with Gasteiger partial charge < -0.3 is 15.5 Å². The Hall–Kier alpha value is -2.14. The molecule has 6 rings (SSSR count). The fraction of sp³-hybridized carbons (Fsp3) is 0.737. The second-order valence-electron chi connectivity index (χ2n) is 16.9. The Kier molecular flexibility index (Phi) is 7.31. The van der Waals surface area contributed by atoms with Gasteiger partial charge in [0.2, 0.25) is 5.91 Å². The SMILES string of the molecule is C=C(C)[C@@H]1CC[C@]2(C(=O)NCc3cccc(C(=O)O)c3)CC[C@]3(C)C(CCC4[C@@]5(C)CC[C@H](O)C(C)(C)C5CC[C@]43C)C12. The van der Waals surface area contributed by atoms with Gasteiger partial charge in [0.1, 0.15) is 0 Å². The van der Waals surface area contributed by atoms with Crippen LogP contribution in [0.5, 0.6) is 0 Å². The summed E-state index contributed by atoms with van der Waals surface area (Å²) in [4.78, 5) is 25.9. The van der Waals surface area contributed by atoms with Crippen molar-refractivity contribution in [3.63, 3.8) is 0 Å². The molecule has 236 valence electrons. The van der Waals surface area contributed by atoms with E-state index in [0.29, 0.717) is 36.1 Å². The van der Waals surface area contributed by atoms with Gasteiger partial charge in [0.15, 0.2) is 0 Å². The maximum atomic E-state index is 14.4. The van der Waals surface area contributed by atoms with Crippen molar-refractivity contribution in [1.29, 1.82) is 0 Å². The van der Waals surface area contributed by atoms with Gasteiger partial charge in [-0.05, 0) is 140 Å². The van der Waals surface area contributed by atoms with Gasteiger partial charge in [0.25, 0.3) is 0 Å². The van der Waals surface area contributed by atoms with Crippen LogP contribution in [0.15, 0.2) is 36.4 Å². The van der Waals surface area contributed by atoms with E-state index in [1.807, 2.05) is 6.07 Å². The van der Waals surface area contributed by atoms with Crippen LogP contribution in [0.25, 0.3) is 0 Å². The number of nitrogens with one attached hydrogen (secondary N) is 1. The highest BCUT2D eigenvalue weighted by molar-refractivity contribution is 5.88. The van der Waals surface area contributed by atoms with Crippen molar-refractivity contribution in [2.45, 2.75) is 118 Å². The number of aromatic carboxylic acids is 1. The number of carboxylic acids is 1. The first-order valence-corrected chi connectivity index (χ1v) is 17.1. The molecular weight excluding hydrogens is 534 g/mol. The zero-order valence-electron chi connectivity index (χ0n) is 27.5. The Labute approximate surface area is 259 Å². The molecule has 5 aliphatic rings. The number of rotatable bonds is 5. The Balaban J connectivity index is 1.31. The number of hydrogen-bond acceptors (Lipinski definition) is 3. The summed E-state index contributed by atoms with van der Waals surface area (Å²) in [7, 11) is 0. The highest BCUT2D eigenvalue weighted by Gasteiger charge is 2.71. The van der Waals surface area contributed by atoms with Crippen LogP contribution in [-0.2, 0) is 11.3 Å². The molecule has 0 aromatic heterocycles. The fourth-order valence-corrected chi connectivity index (χ4v) is 12.7. The van der Waals surface area contributed by atoms with Crippen molar-refractivity contribution in [2.75, 3.05) is 0 Å². The summed E-state index contributed by atoms with van der Waals surface area (Å²) < 4.78 is 0. The number of benzene rings is 1. The Morgan fingerprint density at radius 1 is 0.907 bits per heavy atom. The summed E-state index contributed by atoms with van der Waals surface area (Å²) >= 11 is 0. The number of carboxylic acid groups (broad SMARTS) is 1. The number of fused-ring (bicyclic) bond motifs is 7. The first-order chi connectivity index (χ1) is 20.1. The van der Waals surface area contributed by atoms with Crippen LogP contribution in [0.2, 0.25) is 0 Å². The number of aliphatic hydroxyl groups is 1. The largest absolute Gasteiger partial charge is 0.478 e. The molecule has 1 aromatic rings. The van der Waals surface area contributed by atoms with E-state index < -0.39 is 5.97 Å². The molecule has 1 aromatic carbocycles. The van der Waals surface area contributed by atoms with E-state index >= 15 is 0 Å². The first kappa shape index (κ1) is 30.9. The summed E-state index contributed by atoms with van der Waals surface area (Å²) in [6.07, 6.45) is 10.5. The maximum absolute atomic E-state index is 14.4. The predicted molar refractivity (Wildman–Crippen MR) is 170 cm³/mol.